The lowest BCUT2D eigenvalue weighted by Gasteiger charge is -2.09. The summed E-state index contributed by atoms with van der Waals surface area (Å²) in [5.41, 5.74) is 6.66. The van der Waals surface area contributed by atoms with Gasteiger partial charge in [0.2, 0.25) is 0 Å². The Kier molecular flexibility index (Phi) is 3.16. The Morgan fingerprint density at radius 3 is 2.71 bits per heavy atom. The second-order valence-corrected chi connectivity index (χ2v) is 4.49. The van der Waals surface area contributed by atoms with Gasteiger partial charge in [0.15, 0.2) is 5.75 Å². The van der Waals surface area contributed by atoms with Crippen LogP contribution in [0, 0.1) is 0 Å². The Labute approximate surface area is 120 Å². The SMILES string of the molecule is Nc1cc(Oc2cccc3cccnc23)ccc1C(=O)O. The Morgan fingerprint density at radius 1 is 1.14 bits per heavy atom. The van der Waals surface area contributed by atoms with Gasteiger partial charge in [0.25, 0.3) is 0 Å². The van der Waals surface area contributed by atoms with E-state index >= 15 is 0 Å². The number of hydrogen-bond donors (Lipinski definition) is 2. The van der Waals surface area contributed by atoms with Crippen molar-refractivity contribution in [2.45, 2.75) is 0 Å². The van der Waals surface area contributed by atoms with E-state index in [1.807, 2.05) is 24.3 Å². The highest BCUT2D eigenvalue weighted by atomic mass is 16.5. The van der Waals surface area contributed by atoms with Crippen molar-refractivity contribution in [2.75, 3.05) is 5.73 Å². The van der Waals surface area contributed by atoms with Gasteiger partial charge in [0.05, 0.1) is 5.56 Å². The highest BCUT2D eigenvalue weighted by Crippen LogP contribution is 2.30. The number of carboxylic acids is 1. The number of hydrogen-bond acceptors (Lipinski definition) is 4. The number of nitrogens with zero attached hydrogens (tertiary/aromatic N) is 1. The number of nitrogen functional groups attached to an aromatic ring is 1. The molecule has 0 saturated heterocycles. The Balaban J connectivity index is 1.99. The zero-order chi connectivity index (χ0) is 14.8. The molecule has 2 aromatic carbocycles. The van der Waals surface area contributed by atoms with Gasteiger partial charge >= 0.3 is 5.97 Å². The summed E-state index contributed by atoms with van der Waals surface area (Å²) in [6.45, 7) is 0. The number of rotatable bonds is 3. The number of nitrogens with two attached hydrogens (primary N) is 1. The van der Waals surface area contributed by atoms with Crippen molar-refractivity contribution in [3.8, 4) is 11.5 Å². The molecule has 0 amide bonds. The summed E-state index contributed by atoms with van der Waals surface area (Å²) in [7, 11) is 0. The summed E-state index contributed by atoms with van der Waals surface area (Å²) < 4.78 is 5.77. The molecular weight excluding hydrogens is 268 g/mol. The van der Waals surface area contributed by atoms with Crippen LogP contribution in [-0.2, 0) is 0 Å². The lowest BCUT2D eigenvalue weighted by molar-refractivity contribution is 0.0698. The van der Waals surface area contributed by atoms with Crippen molar-refractivity contribution in [1.29, 1.82) is 0 Å². The van der Waals surface area contributed by atoms with E-state index in [9.17, 15) is 4.79 Å². The van der Waals surface area contributed by atoms with E-state index in [-0.39, 0.29) is 11.3 Å². The van der Waals surface area contributed by atoms with E-state index in [4.69, 9.17) is 15.6 Å². The number of aromatic nitrogens is 1. The Morgan fingerprint density at radius 2 is 1.95 bits per heavy atom. The molecule has 0 saturated carbocycles. The lowest BCUT2D eigenvalue weighted by Crippen LogP contribution is -2.02. The van der Waals surface area contributed by atoms with Crippen LogP contribution in [0.3, 0.4) is 0 Å². The number of para-hydroxylation sites is 1. The maximum atomic E-state index is 10.9. The number of carboxylic acid groups (broad SMARTS) is 1. The molecule has 3 rings (SSSR count). The van der Waals surface area contributed by atoms with E-state index in [1.54, 1.807) is 18.3 Å². The molecule has 1 heterocycles. The quantitative estimate of drug-likeness (QED) is 0.719. The topological polar surface area (TPSA) is 85.4 Å². The lowest BCUT2D eigenvalue weighted by atomic mass is 10.1. The predicted octanol–water partition coefficient (Wildman–Crippen LogP) is 3.31. The van der Waals surface area contributed by atoms with Gasteiger partial charge in [-0.05, 0) is 24.3 Å². The second-order valence-electron chi connectivity index (χ2n) is 4.49. The normalized spacial score (nSPS) is 10.5. The fraction of sp³-hybridized carbons (Fsp3) is 0. The molecule has 0 fully saturated rings. The molecule has 0 spiro atoms. The number of anilines is 1. The van der Waals surface area contributed by atoms with Crippen LogP contribution in [0.15, 0.2) is 54.7 Å². The summed E-state index contributed by atoms with van der Waals surface area (Å²) in [5.74, 6) is -0.00268. The van der Waals surface area contributed by atoms with Crippen LogP contribution in [0.1, 0.15) is 10.4 Å². The first kappa shape index (κ1) is 12.9. The molecule has 3 aromatic rings. The average molecular weight is 280 g/mol. The van der Waals surface area contributed by atoms with Gasteiger partial charge in [-0.15, -0.1) is 0 Å². The van der Waals surface area contributed by atoms with Crippen molar-refractivity contribution in [3.63, 3.8) is 0 Å². The van der Waals surface area contributed by atoms with Gasteiger partial charge in [0, 0.05) is 23.3 Å². The zero-order valence-corrected chi connectivity index (χ0v) is 11.0. The fourth-order valence-electron chi connectivity index (χ4n) is 2.08. The molecule has 0 aliphatic carbocycles. The molecule has 0 radical (unpaired) electrons. The van der Waals surface area contributed by atoms with Crippen LogP contribution in [0.25, 0.3) is 10.9 Å². The highest BCUT2D eigenvalue weighted by molar-refractivity contribution is 5.94. The summed E-state index contributed by atoms with van der Waals surface area (Å²) in [4.78, 5) is 15.2. The smallest absolute Gasteiger partial charge is 0.337 e. The van der Waals surface area contributed by atoms with E-state index in [0.717, 1.165) is 10.9 Å². The first-order chi connectivity index (χ1) is 10.1. The monoisotopic (exact) mass is 280 g/mol. The number of carbonyl (C=O) groups is 1. The maximum Gasteiger partial charge on any atom is 0.337 e. The van der Waals surface area contributed by atoms with Crippen LogP contribution < -0.4 is 10.5 Å². The molecule has 0 aliphatic heterocycles. The molecule has 5 heteroatoms. The molecule has 104 valence electrons. The Hall–Kier alpha value is -3.08. The van der Waals surface area contributed by atoms with E-state index < -0.39 is 5.97 Å². The Bertz CT molecular complexity index is 825. The minimum absolute atomic E-state index is 0.0541. The molecule has 1 aromatic heterocycles. The van der Waals surface area contributed by atoms with Gasteiger partial charge < -0.3 is 15.6 Å². The van der Waals surface area contributed by atoms with E-state index in [0.29, 0.717) is 11.5 Å². The first-order valence-electron chi connectivity index (χ1n) is 6.29. The molecule has 5 nitrogen and oxygen atoms in total. The third-order valence-corrected chi connectivity index (χ3v) is 3.08. The molecule has 21 heavy (non-hydrogen) atoms. The third kappa shape index (κ3) is 2.49. The standard InChI is InChI=1S/C16H12N2O3/c17-13-9-11(6-7-12(13)16(19)20)21-14-5-1-3-10-4-2-8-18-15(10)14/h1-9H,17H2,(H,19,20). The number of benzene rings is 2. The predicted molar refractivity (Wildman–Crippen MR) is 79.6 cm³/mol. The maximum absolute atomic E-state index is 10.9. The summed E-state index contributed by atoms with van der Waals surface area (Å²) >= 11 is 0. The highest BCUT2D eigenvalue weighted by Gasteiger charge is 2.10. The number of aromatic carboxylic acids is 1. The van der Waals surface area contributed by atoms with Gasteiger partial charge in [-0.2, -0.15) is 0 Å². The second kappa shape index (κ2) is 5.13. The first-order valence-corrected chi connectivity index (χ1v) is 6.29. The number of pyridine rings is 1. The van der Waals surface area contributed by atoms with Crippen molar-refractivity contribution in [2.24, 2.45) is 0 Å². The molecule has 0 bridgehead atoms. The molecule has 0 aliphatic rings. The van der Waals surface area contributed by atoms with Gasteiger partial charge in [-0.1, -0.05) is 18.2 Å². The van der Waals surface area contributed by atoms with Crippen LogP contribution in [0.5, 0.6) is 11.5 Å². The van der Waals surface area contributed by atoms with E-state index in [2.05, 4.69) is 4.98 Å². The fourth-order valence-corrected chi connectivity index (χ4v) is 2.08. The minimum Gasteiger partial charge on any atom is -0.478 e. The van der Waals surface area contributed by atoms with Crippen LogP contribution in [0.4, 0.5) is 5.69 Å². The van der Waals surface area contributed by atoms with Crippen LogP contribution >= 0.6 is 0 Å². The number of fused-ring (bicyclic) bond motifs is 1. The van der Waals surface area contributed by atoms with E-state index in [1.165, 1.54) is 12.1 Å². The van der Waals surface area contributed by atoms with Gasteiger partial charge in [0.1, 0.15) is 11.3 Å². The zero-order valence-electron chi connectivity index (χ0n) is 11.0. The van der Waals surface area contributed by atoms with Crippen LogP contribution in [0.2, 0.25) is 0 Å². The van der Waals surface area contributed by atoms with Crippen LogP contribution in [-0.4, -0.2) is 16.1 Å². The molecule has 3 N–H and O–H groups in total. The van der Waals surface area contributed by atoms with Gasteiger partial charge in [-0.25, -0.2) is 4.79 Å². The summed E-state index contributed by atoms with van der Waals surface area (Å²) in [6, 6.07) is 13.9. The van der Waals surface area contributed by atoms with Crippen molar-refractivity contribution >= 4 is 22.6 Å². The van der Waals surface area contributed by atoms with Gasteiger partial charge in [-0.3, -0.25) is 4.98 Å². The molecular formula is C16H12N2O3. The summed E-state index contributed by atoms with van der Waals surface area (Å²) in [6.07, 6.45) is 1.69. The molecule has 0 atom stereocenters. The number of ether oxygens (including phenoxy) is 1. The van der Waals surface area contributed by atoms with Crippen molar-refractivity contribution in [1.82, 2.24) is 4.98 Å². The molecule has 0 unspecified atom stereocenters. The average Bonchev–Trinajstić information content (AvgIpc) is 2.47. The largest absolute Gasteiger partial charge is 0.478 e. The third-order valence-electron chi connectivity index (χ3n) is 3.08. The summed E-state index contributed by atoms with van der Waals surface area (Å²) in [5, 5.41) is 9.92. The minimum atomic E-state index is -1.06. The van der Waals surface area contributed by atoms with Crippen molar-refractivity contribution in [3.05, 3.63) is 60.3 Å². The van der Waals surface area contributed by atoms with Crippen molar-refractivity contribution < 1.29 is 14.6 Å².